The second-order valence-electron chi connectivity index (χ2n) is 5.04. The molecule has 136 valence electrons. The molecule has 0 aliphatic heterocycles. The summed E-state index contributed by atoms with van der Waals surface area (Å²) in [7, 11) is -3.74. The Morgan fingerprint density at radius 1 is 1.25 bits per heavy atom. The van der Waals surface area contributed by atoms with Gasteiger partial charge >= 0.3 is 0 Å². The van der Waals surface area contributed by atoms with Gasteiger partial charge in [0.2, 0.25) is 10.0 Å². The van der Waals surface area contributed by atoms with Crippen molar-refractivity contribution in [1.29, 1.82) is 0 Å². The molecule has 0 atom stereocenters. The van der Waals surface area contributed by atoms with Crippen molar-refractivity contribution < 1.29 is 22.3 Å². The van der Waals surface area contributed by atoms with Crippen LogP contribution in [0.2, 0.25) is 0 Å². The Balaban J connectivity index is 2.92. The molecule has 0 heterocycles. The van der Waals surface area contributed by atoms with E-state index < -0.39 is 21.7 Å². The minimum absolute atomic E-state index is 0.0907. The van der Waals surface area contributed by atoms with Crippen molar-refractivity contribution >= 4 is 15.9 Å². The fourth-order valence-corrected chi connectivity index (χ4v) is 3.65. The van der Waals surface area contributed by atoms with Crippen LogP contribution in [-0.2, 0) is 14.8 Å². The van der Waals surface area contributed by atoms with Crippen LogP contribution in [0.15, 0.2) is 23.1 Å². The van der Waals surface area contributed by atoms with Gasteiger partial charge in [0.05, 0.1) is 10.5 Å². The second kappa shape index (κ2) is 9.71. The summed E-state index contributed by atoms with van der Waals surface area (Å²) in [5.74, 6) is -1.39. The lowest BCUT2D eigenvalue weighted by molar-refractivity contribution is 0.0940. The number of rotatable bonds is 10. The maximum atomic E-state index is 13.9. The largest absolute Gasteiger partial charge is 0.382 e. The normalized spacial score (nSPS) is 11.7. The number of ether oxygens (including phenoxy) is 1. The van der Waals surface area contributed by atoms with E-state index in [1.807, 2.05) is 6.92 Å². The Kier molecular flexibility index (Phi) is 8.30. The standard InChI is InChI=1S/C16H25FN2O4S/c1-4-19(5-2)24(21,22)13-8-9-15(17)14(12-13)16(20)18-10-7-11-23-6-3/h8-9,12H,4-7,10-11H2,1-3H3,(H,18,20). The molecule has 1 amide bonds. The number of amides is 1. The van der Waals surface area contributed by atoms with Crippen LogP contribution < -0.4 is 5.32 Å². The highest BCUT2D eigenvalue weighted by atomic mass is 32.2. The van der Waals surface area contributed by atoms with Crippen LogP contribution in [0, 0.1) is 5.82 Å². The second-order valence-corrected chi connectivity index (χ2v) is 6.98. The van der Waals surface area contributed by atoms with Crippen LogP contribution in [0.25, 0.3) is 0 Å². The van der Waals surface area contributed by atoms with Gasteiger partial charge in [0.15, 0.2) is 0 Å². The summed E-state index contributed by atoms with van der Waals surface area (Å²) < 4.78 is 45.2. The molecule has 1 aromatic carbocycles. The zero-order chi connectivity index (χ0) is 18.2. The summed E-state index contributed by atoms with van der Waals surface area (Å²) in [4.78, 5) is 12.0. The summed E-state index contributed by atoms with van der Waals surface area (Å²) in [5, 5.41) is 2.57. The van der Waals surface area contributed by atoms with Gasteiger partial charge in [-0.05, 0) is 31.5 Å². The average Bonchev–Trinajstić information content (AvgIpc) is 2.55. The molecule has 1 aromatic rings. The van der Waals surface area contributed by atoms with E-state index in [-0.39, 0.29) is 10.5 Å². The number of carbonyl (C=O) groups excluding carboxylic acids is 1. The van der Waals surface area contributed by atoms with E-state index in [1.165, 1.54) is 10.4 Å². The Morgan fingerprint density at radius 2 is 1.92 bits per heavy atom. The molecule has 0 aromatic heterocycles. The number of hydrogen-bond acceptors (Lipinski definition) is 4. The fraction of sp³-hybridized carbons (Fsp3) is 0.562. The van der Waals surface area contributed by atoms with Crippen molar-refractivity contribution in [3.8, 4) is 0 Å². The molecule has 0 saturated carbocycles. The highest BCUT2D eigenvalue weighted by Crippen LogP contribution is 2.19. The van der Waals surface area contributed by atoms with Gasteiger partial charge < -0.3 is 10.1 Å². The third kappa shape index (κ3) is 5.25. The van der Waals surface area contributed by atoms with Crippen LogP contribution >= 0.6 is 0 Å². The summed E-state index contributed by atoms with van der Waals surface area (Å²) >= 11 is 0. The zero-order valence-electron chi connectivity index (χ0n) is 14.3. The third-order valence-corrected chi connectivity index (χ3v) is 5.53. The monoisotopic (exact) mass is 360 g/mol. The topological polar surface area (TPSA) is 75.7 Å². The lowest BCUT2D eigenvalue weighted by atomic mass is 10.2. The predicted octanol–water partition coefficient (Wildman–Crippen LogP) is 2.01. The first-order valence-electron chi connectivity index (χ1n) is 8.04. The maximum Gasteiger partial charge on any atom is 0.254 e. The molecule has 0 unspecified atom stereocenters. The molecular formula is C16H25FN2O4S. The van der Waals surface area contributed by atoms with Gasteiger partial charge in [0, 0.05) is 32.8 Å². The Labute approximate surface area is 143 Å². The smallest absolute Gasteiger partial charge is 0.254 e. The molecule has 0 spiro atoms. The fourth-order valence-electron chi connectivity index (χ4n) is 2.17. The van der Waals surface area contributed by atoms with Crippen molar-refractivity contribution in [3.63, 3.8) is 0 Å². The van der Waals surface area contributed by atoms with E-state index in [2.05, 4.69) is 5.32 Å². The summed E-state index contributed by atoms with van der Waals surface area (Å²) in [5.41, 5.74) is -0.278. The van der Waals surface area contributed by atoms with E-state index in [0.29, 0.717) is 39.3 Å². The summed E-state index contributed by atoms with van der Waals surface area (Å²) in [6.45, 7) is 7.32. The van der Waals surface area contributed by atoms with E-state index in [1.54, 1.807) is 13.8 Å². The molecule has 0 bridgehead atoms. The lowest BCUT2D eigenvalue weighted by Crippen LogP contribution is -2.31. The van der Waals surface area contributed by atoms with Crippen LogP contribution in [-0.4, -0.2) is 51.5 Å². The number of nitrogens with one attached hydrogen (secondary N) is 1. The Morgan fingerprint density at radius 3 is 2.50 bits per heavy atom. The van der Waals surface area contributed by atoms with Crippen LogP contribution in [0.3, 0.4) is 0 Å². The van der Waals surface area contributed by atoms with Gasteiger partial charge in [-0.1, -0.05) is 13.8 Å². The zero-order valence-corrected chi connectivity index (χ0v) is 15.2. The number of hydrogen-bond donors (Lipinski definition) is 1. The van der Waals surface area contributed by atoms with Crippen LogP contribution in [0.1, 0.15) is 37.6 Å². The van der Waals surface area contributed by atoms with Crippen molar-refractivity contribution in [2.45, 2.75) is 32.1 Å². The summed E-state index contributed by atoms with van der Waals surface area (Å²) in [6.07, 6.45) is 0.596. The third-order valence-electron chi connectivity index (χ3n) is 3.48. The first kappa shape index (κ1) is 20.5. The van der Waals surface area contributed by atoms with E-state index >= 15 is 0 Å². The number of sulfonamides is 1. The van der Waals surface area contributed by atoms with Gasteiger partial charge in [-0.3, -0.25) is 4.79 Å². The number of halogens is 1. The number of nitrogens with zero attached hydrogens (tertiary/aromatic N) is 1. The Hall–Kier alpha value is -1.51. The van der Waals surface area contributed by atoms with Crippen LogP contribution in [0.4, 0.5) is 4.39 Å². The minimum atomic E-state index is -3.74. The molecule has 24 heavy (non-hydrogen) atoms. The molecule has 0 aliphatic carbocycles. The highest BCUT2D eigenvalue weighted by Gasteiger charge is 2.24. The first-order chi connectivity index (χ1) is 11.4. The number of carbonyl (C=O) groups is 1. The van der Waals surface area contributed by atoms with Crippen molar-refractivity contribution in [3.05, 3.63) is 29.6 Å². The predicted molar refractivity (Wildman–Crippen MR) is 90.0 cm³/mol. The van der Waals surface area contributed by atoms with Crippen molar-refractivity contribution in [1.82, 2.24) is 9.62 Å². The molecular weight excluding hydrogens is 335 g/mol. The van der Waals surface area contributed by atoms with Crippen LogP contribution in [0.5, 0.6) is 0 Å². The van der Waals surface area contributed by atoms with Gasteiger partial charge in [-0.25, -0.2) is 12.8 Å². The molecule has 0 aliphatic rings. The van der Waals surface area contributed by atoms with Gasteiger partial charge in [0.25, 0.3) is 5.91 Å². The average molecular weight is 360 g/mol. The SMILES string of the molecule is CCOCCCNC(=O)c1cc(S(=O)(=O)N(CC)CC)ccc1F. The molecule has 0 radical (unpaired) electrons. The molecule has 1 rings (SSSR count). The lowest BCUT2D eigenvalue weighted by Gasteiger charge is -2.19. The highest BCUT2D eigenvalue weighted by molar-refractivity contribution is 7.89. The van der Waals surface area contributed by atoms with Crippen molar-refractivity contribution in [2.24, 2.45) is 0 Å². The Bertz CT molecular complexity index is 645. The molecule has 8 heteroatoms. The maximum absolute atomic E-state index is 13.9. The van der Waals surface area contributed by atoms with E-state index in [4.69, 9.17) is 4.74 Å². The van der Waals surface area contributed by atoms with Crippen molar-refractivity contribution in [2.75, 3.05) is 32.8 Å². The van der Waals surface area contributed by atoms with Gasteiger partial charge in [-0.2, -0.15) is 4.31 Å². The van der Waals surface area contributed by atoms with Gasteiger partial charge in [0.1, 0.15) is 5.82 Å². The van der Waals surface area contributed by atoms with E-state index in [9.17, 15) is 17.6 Å². The molecule has 1 N–H and O–H groups in total. The number of benzene rings is 1. The molecule has 0 fully saturated rings. The quantitative estimate of drug-likeness (QED) is 0.648. The summed E-state index contributed by atoms with van der Waals surface area (Å²) in [6, 6.07) is 3.27. The van der Waals surface area contributed by atoms with Gasteiger partial charge in [-0.15, -0.1) is 0 Å². The van der Waals surface area contributed by atoms with E-state index in [0.717, 1.165) is 12.1 Å². The molecule has 6 nitrogen and oxygen atoms in total. The molecule has 0 saturated heterocycles. The first-order valence-corrected chi connectivity index (χ1v) is 9.48. The minimum Gasteiger partial charge on any atom is -0.382 e.